The first-order chi connectivity index (χ1) is 9.78. The van der Waals surface area contributed by atoms with Gasteiger partial charge in [-0.05, 0) is 35.9 Å². The Bertz CT molecular complexity index is 699. The van der Waals surface area contributed by atoms with E-state index < -0.39 is 0 Å². The summed E-state index contributed by atoms with van der Waals surface area (Å²) < 4.78 is 1.40. The molecule has 0 radical (unpaired) electrons. The SMILES string of the molecule is CCNC(Cc1nc(C)cs1)c1cccc2ccsc12. The van der Waals surface area contributed by atoms with Crippen LogP contribution in [0.25, 0.3) is 10.1 Å². The molecule has 1 N–H and O–H groups in total. The Morgan fingerprint density at radius 3 is 2.90 bits per heavy atom. The van der Waals surface area contributed by atoms with E-state index in [2.05, 4.69) is 59.2 Å². The van der Waals surface area contributed by atoms with Crippen molar-refractivity contribution < 1.29 is 0 Å². The number of thiophene rings is 1. The molecule has 0 amide bonds. The Morgan fingerprint density at radius 1 is 1.25 bits per heavy atom. The molecule has 2 nitrogen and oxygen atoms in total. The minimum atomic E-state index is 0.341. The zero-order chi connectivity index (χ0) is 13.9. The second-order valence-corrected chi connectivity index (χ2v) is 6.74. The highest BCUT2D eigenvalue weighted by atomic mass is 32.1. The van der Waals surface area contributed by atoms with E-state index >= 15 is 0 Å². The fraction of sp³-hybridized carbons (Fsp3) is 0.312. The van der Waals surface area contributed by atoms with Gasteiger partial charge in [0.25, 0.3) is 0 Å². The molecule has 20 heavy (non-hydrogen) atoms. The van der Waals surface area contributed by atoms with Crippen LogP contribution >= 0.6 is 22.7 Å². The summed E-state index contributed by atoms with van der Waals surface area (Å²) in [5.74, 6) is 0. The van der Waals surface area contributed by atoms with Crippen LogP contribution < -0.4 is 5.32 Å². The number of benzene rings is 1. The molecule has 0 aliphatic rings. The molecule has 0 saturated carbocycles. The van der Waals surface area contributed by atoms with Crippen LogP contribution in [0.3, 0.4) is 0 Å². The highest BCUT2D eigenvalue weighted by Crippen LogP contribution is 2.31. The third kappa shape index (κ3) is 2.77. The monoisotopic (exact) mass is 302 g/mol. The molecule has 2 aromatic heterocycles. The molecule has 0 bridgehead atoms. The van der Waals surface area contributed by atoms with Crippen molar-refractivity contribution in [3.05, 3.63) is 51.3 Å². The van der Waals surface area contributed by atoms with Gasteiger partial charge in [-0.3, -0.25) is 0 Å². The van der Waals surface area contributed by atoms with E-state index in [0.29, 0.717) is 6.04 Å². The first-order valence-corrected chi connectivity index (χ1v) is 8.64. The first-order valence-electron chi connectivity index (χ1n) is 6.88. The number of likely N-dealkylation sites (N-methyl/N-ethyl adjacent to an activating group) is 1. The summed E-state index contributed by atoms with van der Waals surface area (Å²) in [4.78, 5) is 4.61. The number of rotatable bonds is 5. The lowest BCUT2D eigenvalue weighted by atomic mass is 10.0. The van der Waals surface area contributed by atoms with Crippen molar-refractivity contribution in [1.82, 2.24) is 10.3 Å². The standard InChI is InChI=1S/C16H18N2S2/c1-3-17-14(9-15-18-11(2)10-20-15)13-6-4-5-12-7-8-19-16(12)13/h4-8,10,14,17H,3,9H2,1-2H3. The lowest BCUT2D eigenvalue weighted by Crippen LogP contribution is -2.23. The summed E-state index contributed by atoms with van der Waals surface area (Å²) in [7, 11) is 0. The quantitative estimate of drug-likeness (QED) is 0.747. The average Bonchev–Trinajstić information content (AvgIpc) is 3.06. The number of aryl methyl sites for hydroxylation is 1. The lowest BCUT2D eigenvalue weighted by molar-refractivity contribution is 0.552. The smallest absolute Gasteiger partial charge is 0.0947 e. The molecule has 0 saturated heterocycles. The van der Waals surface area contributed by atoms with E-state index in [9.17, 15) is 0 Å². The second kappa shape index (κ2) is 6.04. The van der Waals surface area contributed by atoms with Crippen molar-refractivity contribution in [2.75, 3.05) is 6.54 Å². The summed E-state index contributed by atoms with van der Waals surface area (Å²) in [5, 5.41) is 10.5. The number of aromatic nitrogens is 1. The van der Waals surface area contributed by atoms with Crippen LogP contribution in [-0.2, 0) is 6.42 Å². The minimum Gasteiger partial charge on any atom is -0.310 e. The Balaban J connectivity index is 1.95. The molecule has 1 atom stereocenters. The van der Waals surface area contributed by atoms with Gasteiger partial charge in [-0.1, -0.05) is 25.1 Å². The van der Waals surface area contributed by atoms with Gasteiger partial charge in [-0.25, -0.2) is 4.98 Å². The molecule has 1 aromatic carbocycles. The van der Waals surface area contributed by atoms with Gasteiger partial charge in [0.05, 0.1) is 5.01 Å². The highest BCUT2D eigenvalue weighted by molar-refractivity contribution is 7.17. The molecular weight excluding hydrogens is 284 g/mol. The molecule has 104 valence electrons. The van der Waals surface area contributed by atoms with Gasteiger partial charge in [0.15, 0.2) is 0 Å². The third-order valence-electron chi connectivity index (χ3n) is 3.38. The van der Waals surface area contributed by atoms with Crippen LogP contribution in [0.4, 0.5) is 0 Å². The van der Waals surface area contributed by atoms with E-state index in [1.807, 2.05) is 11.3 Å². The van der Waals surface area contributed by atoms with Crippen LogP contribution in [0.15, 0.2) is 35.0 Å². The van der Waals surface area contributed by atoms with Crippen LogP contribution in [0.1, 0.15) is 29.2 Å². The fourth-order valence-corrected chi connectivity index (χ4v) is 4.29. The minimum absolute atomic E-state index is 0.341. The van der Waals surface area contributed by atoms with Crippen molar-refractivity contribution in [1.29, 1.82) is 0 Å². The fourth-order valence-electron chi connectivity index (χ4n) is 2.50. The van der Waals surface area contributed by atoms with E-state index in [1.54, 1.807) is 11.3 Å². The van der Waals surface area contributed by atoms with Gasteiger partial charge in [-0.15, -0.1) is 22.7 Å². The normalized spacial score (nSPS) is 12.9. The van der Waals surface area contributed by atoms with E-state index in [0.717, 1.165) is 18.7 Å². The molecule has 0 spiro atoms. The summed E-state index contributed by atoms with van der Waals surface area (Å²) in [6, 6.07) is 9.12. The van der Waals surface area contributed by atoms with Gasteiger partial charge >= 0.3 is 0 Å². The molecule has 0 aliphatic heterocycles. The van der Waals surface area contributed by atoms with Crippen molar-refractivity contribution in [2.24, 2.45) is 0 Å². The van der Waals surface area contributed by atoms with Crippen molar-refractivity contribution in [3.63, 3.8) is 0 Å². The zero-order valence-electron chi connectivity index (χ0n) is 11.7. The second-order valence-electron chi connectivity index (χ2n) is 4.88. The number of hydrogen-bond donors (Lipinski definition) is 1. The summed E-state index contributed by atoms with van der Waals surface area (Å²) in [6.45, 7) is 5.19. The lowest BCUT2D eigenvalue weighted by Gasteiger charge is -2.18. The van der Waals surface area contributed by atoms with Crippen LogP contribution in [0.2, 0.25) is 0 Å². The Labute approximate surface area is 127 Å². The maximum absolute atomic E-state index is 4.61. The average molecular weight is 302 g/mol. The van der Waals surface area contributed by atoms with Crippen molar-refractivity contribution >= 4 is 32.8 Å². The third-order valence-corrected chi connectivity index (χ3v) is 5.35. The maximum atomic E-state index is 4.61. The van der Waals surface area contributed by atoms with Gasteiger partial charge in [0, 0.05) is 28.2 Å². The van der Waals surface area contributed by atoms with E-state index in [-0.39, 0.29) is 0 Å². The molecule has 1 unspecified atom stereocenters. The highest BCUT2D eigenvalue weighted by Gasteiger charge is 2.16. The van der Waals surface area contributed by atoms with Crippen LogP contribution in [-0.4, -0.2) is 11.5 Å². The summed E-state index contributed by atoms with van der Waals surface area (Å²) in [6.07, 6.45) is 0.962. The van der Waals surface area contributed by atoms with Gasteiger partial charge in [-0.2, -0.15) is 0 Å². The summed E-state index contributed by atoms with van der Waals surface area (Å²) >= 11 is 3.59. The van der Waals surface area contributed by atoms with Gasteiger partial charge in [0.1, 0.15) is 0 Å². The first kappa shape index (κ1) is 13.7. The number of nitrogens with one attached hydrogen (secondary N) is 1. The maximum Gasteiger partial charge on any atom is 0.0947 e. The van der Waals surface area contributed by atoms with Gasteiger partial charge in [0.2, 0.25) is 0 Å². The number of hydrogen-bond acceptors (Lipinski definition) is 4. The Kier molecular flexibility index (Phi) is 4.15. The predicted octanol–water partition coefficient (Wildman–Crippen LogP) is 4.56. The van der Waals surface area contributed by atoms with Crippen LogP contribution in [0.5, 0.6) is 0 Å². The molecule has 3 aromatic rings. The Morgan fingerprint density at radius 2 is 2.15 bits per heavy atom. The molecule has 4 heteroatoms. The zero-order valence-corrected chi connectivity index (χ0v) is 13.4. The van der Waals surface area contributed by atoms with E-state index in [1.165, 1.54) is 20.7 Å². The van der Waals surface area contributed by atoms with E-state index in [4.69, 9.17) is 0 Å². The van der Waals surface area contributed by atoms with Crippen LogP contribution in [0, 0.1) is 6.92 Å². The predicted molar refractivity (Wildman–Crippen MR) is 88.8 cm³/mol. The van der Waals surface area contributed by atoms with Gasteiger partial charge < -0.3 is 5.32 Å². The number of fused-ring (bicyclic) bond motifs is 1. The van der Waals surface area contributed by atoms with Crippen molar-refractivity contribution in [3.8, 4) is 0 Å². The topological polar surface area (TPSA) is 24.9 Å². The number of thiazole rings is 1. The molecular formula is C16H18N2S2. The Hall–Kier alpha value is -1.23. The van der Waals surface area contributed by atoms with Crippen molar-refractivity contribution in [2.45, 2.75) is 26.3 Å². The molecule has 0 fully saturated rings. The summed E-state index contributed by atoms with van der Waals surface area (Å²) in [5.41, 5.74) is 2.52. The largest absolute Gasteiger partial charge is 0.310 e. The molecule has 2 heterocycles. The molecule has 0 aliphatic carbocycles. The number of nitrogens with zero attached hydrogens (tertiary/aromatic N) is 1. The molecule has 3 rings (SSSR count).